The molecule has 0 heterocycles. The van der Waals surface area contributed by atoms with Crippen molar-refractivity contribution in [3.8, 4) is 5.75 Å². The maximum atomic E-state index is 13.0. The van der Waals surface area contributed by atoms with Crippen LogP contribution in [-0.2, 0) is 4.79 Å². The topological polar surface area (TPSA) is 86.6 Å². The maximum Gasteiger partial charge on any atom is 0.305 e. The Bertz CT molecular complexity index is 513. The number of carboxylic acids is 1. The van der Waals surface area contributed by atoms with E-state index in [9.17, 15) is 19.1 Å². The summed E-state index contributed by atoms with van der Waals surface area (Å²) in [6.07, 6.45) is 1.56. The van der Waals surface area contributed by atoms with Crippen LogP contribution in [0.3, 0.4) is 0 Å². The maximum absolute atomic E-state index is 13.0. The average molecular weight is 267 g/mol. The molecule has 0 spiro atoms. The molecule has 3 N–H and O–H groups in total. The van der Waals surface area contributed by atoms with Gasteiger partial charge in [-0.1, -0.05) is 0 Å². The van der Waals surface area contributed by atoms with Gasteiger partial charge in [-0.2, -0.15) is 0 Å². The Morgan fingerprint density at radius 1 is 1.42 bits per heavy atom. The summed E-state index contributed by atoms with van der Waals surface area (Å²) in [5, 5.41) is 20.8. The van der Waals surface area contributed by atoms with Crippen molar-refractivity contribution in [1.29, 1.82) is 0 Å². The van der Waals surface area contributed by atoms with Crippen LogP contribution in [0.1, 0.15) is 29.6 Å². The van der Waals surface area contributed by atoms with Crippen LogP contribution in [0.4, 0.5) is 4.39 Å². The molecule has 1 amide bonds. The Morgan fingerprint density at radius 2 is 2.11 bits per heavy atom. The van der Waals surface area contributed by atoms with Gasteiger partial charge in [0.2, 0.25) is 0 Å². The normalized spacial score (nSPS) is 15.8. The molecule has 1 atom stereocenters. The van der Waals surface area contributed by atoms with Gasteiger partial charge in [-0.05, 0) is 37.0 Å². The number of carboxylic acid groups (broad SMARTS) is 1. The number of hydrogen-bond donors (Lipinski definition) is 3. The summed E-state index contributed by atoms with van der Waals surface area (Å²) in [6, 6.07) is 2.58. The fourth-order valence-electron chi connectivity index (χ4n) is 1.96. The minimum atomic E-state index is -0.999. The van der Waals surface area contributed by atoms with E-state index in [0.717, 1.165) is 31.0 Å². The standard InChI is InChI=1S/C13H14FNO4/c14-8-3-4-11(16)9(5-8)13(19)15-10(6-12(17)18)7-1-2-7/h3-5,7,10,16H,1-2,6H2,(H,15,19)(H,17,18). The molecule has 1 aliphatic carbocycles. The van der Waals surface area contributed by atoms with Gasteiger partial charge < -0.3 is 15.5 Å². The van der Waals surface area contributed by atoms with Crippen LogP contribution in [0.2, 0.25) is 0 Å². The molecule has 1 saturated carbocycles. The van der Waals surface area contributed by atoms with E-state index in [1.807, 2.05) is 0 Å². The van der Waals surface area contributed by atoms with Crippen molar-refractivity contribution in [3.05, 3.63) is 29.6 Å². The Labute approximate surface area is 109 Å². The van der Waals surface area contributed by atoms with Crippen LogP contribution < -0.4 is 5.32 Å². The molecule has 19 heavy (non-hydrogen) atoms. The zero-order chi connectivity index (χ0) is 14.0. The van der Waals surface area contributed by atoms with Gasteiger partial charge in [0.05, 0.1) is 12.0 Å². The highest BCUT2D eigenvalue weighted by atomic mass is 19.1. The molecule has 1 aromatic carbocycles. The Kier molecular flexibility index (Phi) is 3.69. The van der Waals surface area contributed by atoms with Gasteiger partial charge in [0.15, 0.2) is 0 Å². The van der Waals surface area contributed by atoms with Crippen molar-refractivity contribution in [2.45, 2.75) is 25.3 Å². The van der Waals surface area contributed by atoms with Gasteiger partial charge in [0.25, 0.3) is 5.91 Å². The summed E-state index contributed by atoms with van der Waals surface area (Å²) in [7, 11) is 0. The molecule has 0 aliphatic heterocycles. The smallest absolute Gasteiger partial charge is 0.305 e. The summed E-state index contributed by atoms with van der Waals surface area (Å²) in [4.78, 5) is 22.6. The van der Waals surface area contributed by atoms with Crippen LogP contribution in [0.15, 0.2) is 18.2 Å². The van der Waals surface area contributed by atoms with Crippen molar-refractivity contribution >= 4 is 11.9 Å². The first kappa shape index (κ1) is 13.3. The zero-order valence-electron chi connectivity index (χ0n) is 10.1. The van der Waals surface area contributed by atoms with Gasteiger partial charge >= 0.3 is 5.97 Å². The summed E-state index contributed by atoms with van der Waals surface area (Å²) in [5.41, 5.74) is -0.184. The molecule has 1 unspecified atom stereocenters. The van der Waals surface area contributed by atoms with Crippen molar-refractivity contribution in [1.82, 2.24) is 5.32 Å². The summed E-state index contributed by atoms with van der Waals surface area (Å²) >= 11 is 0. The number of nitrogens with one attached hydrogen (secondary N) is 1. The number of hydrogen-bond acceptors (Lipinski definition) is 3. The number of halogens is 1. The number of rotatable bonds is 5. The van der Waals surface area contributed by atoms with E-state index in [-0.39, 0.29) is 23.7 Å². The number of carbonyl (C=O) groups is 2. The van der Waals surface area contributed by atoms with Gasteiger partial charge in [-0.15, -0.1) is 0 Å². The summed E-state index contributed by atoms with van der Waals surface area (Å²) in [5.74, 6) is -2.47. The van der Waals surface area contributed by atoms with E-state index in [2.05, 4.69) is 5.32 Å². The lowest BCUT2D eigenvalue weighted by atomic mass is 10.1. The Hall–Kier alpha value is -2.11. The largest absolute Gasteiger partial charge is 0.507 e. The zero-order valence-corrected chi connectivity index (χ0v) is 10.1. The first-order valence-corrected chi connectivity index (χ1v) is 5.98. The van der Waals surface area contributed by atoms with E-state index >= 15 is 0 Å². The van der Waals surface area contributed by atoms with E-state index in [1.165, 1.54) is 0 Å². The van der Waals surface area contributed by atoms with Crippen molar-refractivity contribution in [2.24, 2.45) is 5.92 Å². The number of aromatic hydroxyl groups is 1. The third-order valence-corrected chi connectivity index (χ3v) is 3.11. The van der Waals surface area contributed by atoms with Gasteiger partial charge in [0.1, 0.15) is 11.6 Å². The van der Waals surface area contributed by atoms with Crippen LogP contribution in [0, 0.1) is 11.7 Å². The molecule has 1 fully saturated rings. The Balaban J connectivity index is 2.10. The summed E-state index contributed by atoms with van der Waals surface area (Å²) < 4.78 is 13.0. The van der Waals surface area contributed by atoms with E-state index in [0.29, 0.717) is 0 Å². The number of phenolic OH excluding ortho intramolecular Hbond substituents is 1. The van der Waals surface area contributed by atoms with Crippen LogP contribution in [0.5, 0.6) is 5.75 Å². The fourth-order valence-corrected chi connectivity index (χ4v) is 1.96. The quantitative estimate of drug-likeness (QED) is 0.754. The van der Waals surface area contributed by atoms with Crippen LogP contribution in [0.25, 0.3) is 0 Å². The van der Waals surface area contributed by atoms with E-state index in [1.54, 1.807) is 0 Å². The average Bonchev–Trinajstić information content (AvgIpc) is 3.14. The third kappa shape index (κ3) is 3.43. The molecular formula is C13H14FNO4. The van der Waals surface area contributed by atoms with Gasteiger partial charge in [-0.25, -0.2) is 4.39 Å². The predicted molar refractivity (Wildman–Crippen MR) is 64.3 cm³/mol. The molecule has 1 aliphatic rings. The van der Waals surface area contributed by atoms with Crippen molar-refractivity contribution < 1.29 is 24.2 Å². The third-order valence-electron chi connectivity index (χ3n) is 3.11. The molecular weight excluding hydrogens is 253 g/mol. The number of aliphatic carboxylic acids is 1. The molecule has 6 heteroatoms. The number of carbonyl (C=O) groups excluding carboxylic acids is 1. The van der Waals surface area contributed by atoms with E-state index < -0.39 is 23.7 Å². The van der Waals surface area contributed by atoms with Gasteiger partial charge in [0, 0.05) is 6.04 Å². The molecule has 0 bridgehead atoms. The van der Waals surface area contributed by atoms with Crippen LogP contribution >= 0.6 is 0 Å². The lowest BCUT2D eigenvalue weighted by Crippen LogP contribution is -2.38. The summed E-state index contributed by atoms with van der Waals surface area (Å²) in [6.45, 7) is 0. The number of phenols is 1. The van der Waals surface area contributed by atoms with Crippen LogP contribution in [-0.4, -0.2) is 28.1 Å². The molecule has 2 rings (SSSR count). The molecule has 1 aromatic rings. The lowest BCUT2D eigenvalue weighted by molar-refractivity contribution is -0.137. The van der Waals surface area contributed by atoms with E-state index in [4.69, 9.17) is 5.11 Å². The SMILES string of the molecule is O=C(O)CC(NC(=O)c1cc(F)ccc1O)C1CC1. The second-order valence-electron chi connectivity index (χ2n) is 4.68. The highest BCUT2D eigenvalue weighted by Gasteiger charge is 2.34. The first-order valence-electron chi connectivity index (χ1n) is 5.98. The molecule has 0 radical (unpaired) electrons. The molecule has 0 aromatic heterocycles. The molecule has 0 saturated heterocycles. The first-order chi connectivity index (χ1) is 8.97. The minimum absolute atomic E-state index is 0.149. The minimum Gasteiger partial charge on any atom is -0.507 e. The predicted octanol–water partition coefficient (Wildman–Crippen LogP) is 1.51. The number of benzene rings is 1. The molecule has 102 valence electrons. The second kappa shape index (κ2) is 5.26. The second-order valence-corrected chi connectivity index (χ2v) is 4.68. The number of amides is 1. The fraction of sp³-hybridized carbons (Fsp3) is 0.385. The van der Waals surface area contributed by atoms with Gasteiger partial charge in [-0.3, -0.25) is 9.59 Å². The Morgan fingerprint density at radius 3 is 2.68 bits per heavy atom. The monoisotopic (exact) mass is 267 g/mol. The molecule has 5 nitrogen and oxygen atoms in total. The van der Waals surface area contributed by atoms with Crippen molar-refractivity contribution in [2.75, 3.05) is 0 Å². The highest BCUT2D eigenvalue weighted by Crippen LogP contribution is 2.34. The highest BCUT2D eigenvalue weighted by molar-refractivity contribution is 5.97. The van der Waals surface area contributed by atoms with Crippen molar-refractivity contribution in [3.63, 3.8) is 0 Å². The lowest BCUT2D eigenvalue weighted by Gasteiger charge is -2.16.